The molecule has 0 bridgehead atoms. The van der Waals surface area contributed by atoms with Gasteiger partial charge in [-0.2, -0.15) is 0 Å². The molecule has 3 rings (SSSR count). The van der Waals surface area contributed by atoms with Gasteiger partial charge in [0.2, 0.25) is 5.91 Å². The first-order valence-electron chi connectivity index (χ1n) is 7.05. The lowest BCUT2D eigenvalue weighted by molar-refractivity contribution is -0.120. The molecule has 4 heteroatoms. The maximum atomic E-state index is 12.1. The van der Waals surface area contributed by atoms with E-state index in [4.69, 9.17) is 4.74 Å². The third-order valence-electron chi connectivity index (χ3n) is 3.28. The van der Waals surface area contributed by atoms with Crippen LogP contribution in [0.15, 0.2) is 54.6 Å². The van der Waals surface area contributed by atoms with E-state index < -0.39 is 0 Å². The molecule has 1 amide bonds. The molecule has 108 valence electrons. The molecule has 1 unspecified atom stereocenters. The molecule has 3 nitrogen and oxygen atoms in total. The normalized spacial score (nSPS) is 18.7. The van der Waals surface area contributed by atoms with Crippen molar-refractivity contribution in [3.63, 3.8) is 0 Å². The molecule has 1 heterocycles. The topological polar surface area (TPSA) is 38.3 Å². The van der Waals surface area contributed by atoms with Crippen molar-refractivity contribution in [3.05, 3.63) is 60.2 Å². The van der Waals surface area contributed by atoms with E-state index in [2.05, 4.69) is 5.32 Å². The minimum Gasteiger partial charge on any atom is -0.457 e. The van der Waals surface area contributed by atoms with Gasteiger partial charge in [0.1, 0.15) is 16.7 Å². The van der Waals surface area contributed by atoms with E-state index in [-0.39, 0.29) is 11.2 Å². The van der Waals surface area contributed by atoms with Gasteiger partial charge in [-0.05, 0) is 42.0 Å². The van der Waals surface area contributed by atoms with Gasteiger partial charge in [-0.25, -0.2) is 0 Å². The summed E-state index contributed by atoms with van der Waals surface area (Å²) >= 11 is 1.69. The van der Waals surface area contributed by atoms with Crippen LogP contribution in [0.4, 0.5) is 0 Å². The number of amides is 1. The summed E-state index contributed by atoms with van der Waals surface area (Å²) in [6, 6.07) is 17.5. The molecular formula is C17H17NO2S. The molecule has 0 saturated carbocycles. The van der Waals surface area contributed by atoms with Gasteiger partial charge in [0.15, 0.2) is 0 Å². The van der Waals surface area contributed by atoms with Crippen molar-refractivity contribution in [2.24, 2.45) is 0 Å². The summed E-state index contributed by atoms with van der Waals surface area (Å²) in [4.78, 5) is 12.1. The smallest absolute Gasteiger partial charge is 0.237 e. The zero-order chi connectivity index (χ0) is 14.5. The van der Waals surface area contributed by atoms with Crippen LogP contribution in [0.2, 0.25) is 0 Å². The summed E-state index contributed by atoms with van der Waals surface area (Å²) in [6.07, 6.45) is 1.02. The molecule has 0 radical (unpaired) electrons. The van der Waals surface area contributed by atoms with Crippen molar-refractivity contribution in [3.8, 4) is 11.5 Å². The number of benzene rings is 2. The van der Waals surface area contributed by atoms with Gasteiger partial charge < -0.3 is 10.1 Å². The first-order valence-corrected chi connectivity index (χ1v) is 8.10. The number of hydrogen-bond donors (Lipinski definition) is 1. The number of hydrogen-bond acceptors (Lipinski definition) is 3. The Kier molecular flexibility index (Phi) is 4.46. The van der Waals surface area contributed by atoms with Crippen LogP contribution in [0.25, 0.3) is 0 Å². The molecule has 0 spiro atoms. The fourth-order valence-corrected chi connectivity index (χ4v) is 3.39. The van der Waals surface area contributed by atoms with Gasteiger partial charge in [0, 0.05) is 6.54 Å². The second kappa shape index (κ2) is 6.68. The molecule has 1 atom stereocenters. The molecule has 0 aromatic heterocycles. The lowest BCUT2D eigenvalue weighted by Gasteiger charge is -2.14. The van der Waals surface area contributed by atoms with Gasteiger partial charge in [0.25, 0.3) is 0 Å². The minimum absolute atomic E-state index is 0.0920. The molecule has 1 aliphatic heterocycles. The van der Waals surface area contributed by atoms with Gasteiger partial charge in [0.05, 0.1) is 0 Å². The molecular weight excluding hydrogens is 282 g/mol. The average Bonchev–Trinajstić information content (AvgIpc) is 2.73. The maximum absolute atomic E-state index is 12.1. The predicted molar refractivity (Wildman–Crippen MR) is 85.8 cm³/mol. The third-order valence-corrected chi connectivity index (χ3v) is 4.63. The number of thioether (sulfide) groups is 1. The monoisotopic (exact) mass is 299 g/mol. The number of para-hydroxylation sites is 1. The lowest BCUT2D eigenvalue weighted by atomic mass is 10.1. The molecule has 1 N–H and O–H groups in total. The van der Waals surface area contributed by atoms with Crippen LogP contribution < -0.4 is 10.1 Å². The fraction of sp³-hybridized carbons (Fsp3) is 0.235. The van der Waals surface area contributed by atoms with Crippen LogP contribution in [0.3, 0.4) is 0 Å². The average molecular weight is 299 g/mol. The van der Waals surface area contributed by atoms with E-state index in [1.165, 1.54) is 0 Å². The second-order valence-corrected chi connectivity index (χ2v) is 6.10. The van der Waals surface area contributed by atoms with Crippen LogP contribution in [0.5, 0.6) is 11.5 Å². The van der Waals surface area contributed by atoms with Crippen LogP contribution in [-0.2, 0) is 4.79 Å². The molecule has 0 aliphatic carbocycles. The Labute approximate surface area is 128 Å². The summed E-state index contributed by atoms with van der Waals surface area (Å²) in [5, 5.41) is 2.82. The molecule has 21 heavy (non-hydrogen) atoms. The van der Waals surface area contributed by atoms with Crippen LogP contribution in [0, 0.1) is 0 Å². The van der Waals surface area contributed by atoms with Gasteiger partial charge in [-0.3, -0.25) is 4.79 Å². The van der Waals surface area contributed by atoms with Crippen LogP contribution in [0.1, 0.15) is 17.2 Å². The Hall–Kier alpha value is -1.94. The lowest BCUT2D eigenvalue weighted by Crippen LogP contribution is -2.26. The highest BCUT2D eigenvalue weighted by Gasteiger charge is 2.23. The first kappa shape index (κ1) is 14.0. The number of carbonyl (C=O) groups is 1. The highest BCUT2D eigenvalue weighted by Crippen LogP contribution is 2.33. The largest absolute Gasteiger partial charge is 0.457 e. The maximum Gasteiger partial charge on any atom is 0.237 e. The standard InChI is InChI=1S/C17H17NO2S/c19-17-16(21-11-5-10-18-17)13-6-4-9-15(12-13)20-14-7-2-1-3-8-14/h1-4,6-9,12,16H,5,10-11H2,(H,18,19). The molecule has 2 aromatic rings. The first-order chi connectivity index (χ1) is 10.3. The van der Waals surface area contributed by atoms with Gasteiger partial charge >= 0.3 is 0 Å². The Morgan fingerprint density at radius 1 is 1.05 bits per heavy atom. The number of carbonyl (C=O) groups excluding carboxylic acids is 1. The predicted octanol–water partition coefficient (Wildman–Crippen LogP) is 3.77. The van der Waals surface area contributed by atoms with Gasteiger partial charge in [-0.15, -0.1) is 11.8 Å². The summed E-state index contributed by atoms with van der Waals surface area (Å²) in [5.74, 6) is 2.64. The summed E-state index contributed by atoms with van der Waals surface area (Å²) < 4.78 is 5.84. The number of rotatable bonds is 3. The number of nitrogens with one attached hydrogen (secondary N) is 1. The Balaban J connectivity index is 1.80. The minimum atomic E-state index is -0.146. The van der Waals surface area contributed by atoms with Crippen molar-refractivity contribution >= 4 is 17.7 Å². The molecule has 1 aliphatic rings. The van der Waals surface area contributed by atoms with Gasteiger partial charge in [-0.1, -0.05) is 30.3 Å². The zero-order valence-corrected chi connectivity index (χ0v) is 12.4. The molecule has 1 fully saturated rings. The van der Waals surface area contributed by atoms with E-state index in [0.29, 0.717) is 0 Å². The molecule has 1 saturated heterocycles. The Morgan fingerprint density at radius 2 is 1.86 bits per heavy atom. The van der Waals surface area contributed by atoms with Crippen molar-refractivity contribution < 1.29 is 9.53 Å². The van der Waals surface area contributed by atoms with Crippen molar-refractivity contribution in [2.75, 3.05) is 12.3 Å². The van der Waals surface area contributed by atoms with E-state index >= 15 is 0 Å². The highest BCUT2D eigenvalue weighted by molar-refractivity contribution is 8.00. The summed E-state index contributed by atoms with van der Waals surface area (Å²) in [5.41, 5.74) is 0.993. The number of ether oxygens (including phenoxy) is 1. The third kappa shape index (κ3) is 3.58. The van der Waals surface area contributed by atoms with Crippen molar-refractivity contribution in [1.82, 2.24) is 5.32 Å². The van der Waals surface area contributed by atoms with E-state index in [1.54, 1.807) is 11.8 Å². The Bertz CT molecular complexity index is 615. The fourth-order valence-electron chi connectivity index (χ4n) is 2.27. The van der Waals surface area contributed by atoms with E-state index in [0.717, 1.165) is 35.8 Å². The SMILES string of the molecule is O=C1NCCCSC1c1cccc(Oc2ccccc2)c1. The molecule has 2 aromatic carbocycles. The van der Waals surface area contributed by atoms with Crippen LogP contribution >= 0.6 is 11.8 Å². The second-order valence-electron chi connectivity index (χ2n) is 4.88. The summed E-state index contributed by atoms with van der Waals surface area (Å²) in [6.45, 7) is 0.766. The quantitative estimate of drug-likeness (QED) is 0.937. The Morgan fingerprint density at radius 3 is 2.71 bits per heavy atom. The summed E-state index contributed by atoms with van der Waals surface area (Å²) in [7, 11) is 0. The van der Waals surface area contributed by atoms with Crippen molar-refractivity contribution in [1.29, 1.82) is 0 Å². The van der Waals surface area contributed by atoms with Crippen molar-refractivity contribution in [2.45, 2.75) is 11.7 Å². The highest BCUT2D eigenvalue weighted by atomic mass is 32.2. The van der Waals surface area contributed by atoms with E-state index in [9.17, 15) is 4.79 Å². The van der Waals surface area contributed by atoms with Crippen LogP contribution in [-0.4, -0.2) is 18.2 Å². The van der Waals surface area contributed by atoms with E-state index in [1.807, 2.05) is 54.6 Å². The zero-order valence-electron chi connectivity index (χ0n) is 11.6.